The first kappa shape index (κ1) is 12.3. The molecule has 102 valence electrons. The highest BCUT2D eigenvalue weighted by molar-refractivity contribution is 5.90. The quantitative estimate of drug-likeness (QED) is 0.785. The molecular weight excluding hydrogens is 245 g/mol. The summed E-state index contributed by atoms with van der Waals surface area (Å²) in [4.78, 5) is 13.5. The maximum Gasteiger partial charge on any atom is 0.411 e. The molecule has 1 N–H and O–H groups in total. The summed E-state index contributed by atoms with van der Waals surface area (Å²) in [7, 11) is 0. The number of alkyl halides is 3. The van der Waals surface area contributed by atoms with Gasteiger partial charge in [-0.15, -0.1) is 0 Å². The number of nitrogens with zero attached hydrogens (tertiary/aromatic N) is 1. The molecule has 1 atom stereocenters. The lowest BCUT2D eigenvalue weighted by atomic mass is 9.97. The van der Waals surface area contributed by atoms with E-state index < -0.39 is 23.4 Å². The first-order valence-corrected chi connectivity index (χ1v) is 6.51. The van der Waals surface area contributed by atoms with Crippen LogP contribution in [-0.2, 0) is 4.79 Å². The zero-order valence-electron chi connectivity index (χ0n) is 10.3. The van der Waals surface area contributed by atoms with E-state index in [4.69, 9.17) is 0 Å². The fraction of sp³-hybridized carbons (Fsp3) is 0.917. The van der Waals surface area contributed by atoms with E-state index in [9.17, 15) is 18.0 Å². The number of carbonyl (C=O) groups is 1. The Kier molecular flexibility index (Phi) is 2.32. The van der Waals surface area contributed by atoms with Crippen molar-refractivity contribution in [1.82, 2.24) is 10.2 Å². The molecule has 3 aliphatic rings. The zero-order chi connectivity index (χ0) is 13.2. The minimum atomic E-state index is -4.32. The van der Waals surface area contributed by atoms with Gasteiger partial charge in [0.05, 0.1) is 11.7 Å². The Morgan fingerprint density at radius 2 is 1.78 bits per heavy atom. The number of hydrogen-bond acceptors (Lipinski definition) is 2. The fourth-order valence-electron chi connectivity index (χ4n) is 3.61. The maximum absolute atomic E-state index is 13.1. The van der Waals surface area contributed by atoms with Gasteiger partial charge >= 0.3 is 6.18 Å². The van der Waals surface area contributed by atoms with Crippen molar-refractivity contribution in [2.75, 3.05) is 0 Å². The molecule has 1 saturated heterocycles. The summed E-state index contributed by atoms with van der Waals surface area (Å²) in [5.41, 5.74) is -2.59. The Morgan fingerprint density at radius 1 is 1.22 bits per heavy atom. The highest BCUT2D eigenvalue weighted by atomic mass is 19.4. The molecule has 0 radical (unpaired) electrons. The molecule has 3 fully saturated rings. The number of rotatable bonds is 1. The van der Waals surface area contributed by atoms with Crippen LogP contribution in [0.1, 0.15) is 45.4 Å². The SMILES string of the molecule is CC1NC2(CCCC2)C(=O)N1C1(C(F)(F)F)CC1. The standard InChI is InChI=1S/C12H17F3N2O/c1-8-16-10(4-2-3-5-10)9(18)17(8)11(6-7-11)12(13,14)15/h8,16H,2-7H2,1H3. The minimum Gasteiger partial charge on any atom is -0.311 e. The number of carbonyl (C=O) groups excluding carboxylic acids is 1. The van der Waals surface area contributed by atoms with Gasteiger partial charge in [0.1, 0.15) is 5.54 Å². The molecule has 0 aromatic carbocycles. The van der Waals surface area contributed by atoms with Crippen LogP contribution in [0.15, 0.2) is 0 Å². The summed E-state index contributed by atoms with van der Waals surface area (Å²) in [5.74, 6) is -0.331. The number of halogens is 3. The van der Waals surface area contributed by atoms with Crippen LogP contribution in [0.25, 0.3) is 0 Å². The summed E-state index contributed by atoms with van der Waals surface area (Å²) in [5, 5.41) is 3.12. The van der Waals surface area contributed by atoms with E-state index in [1.807, 2.05) is 0 Å². The third-order valence-electron chi connectivity index (χ3n) is 4.67. The van der Waals surface area contributed by atoms with Crippen molar-refractivity contribution >= 4 is 5.91 Å². The van der Waals surface area contributed by atoms with Crippen molar-refractivity contribution in [3.05, 3.63) is 0 Å². The highest BCUT2D eigenvalue weighted by Gasteiger charge is 2.72. The summed E-state index contributed by atoms with van der Waals surface area (Å²) in [6, 6.07) is 0. The normalized spacial score (nSPS) is 33.4. The molecule has 0 aromatic rings. The van der Waals surface area contributed by atoms with E-state index in [1.54, 1.807) is 6.92 Å². The maximum atomic E-state index is 13.1. The Balaban J connectivity index is 1.92. The summed E-state index contributed by atoms with van der Waals surface area (Å²) in [6.45, 7) is 1.66. The van der Waals surface area contributed by atoms with Crippen LogP contribution in [0.2, 0.25) is 0 Å². The molecule has 0 aromatic heterocycles. The minimum absolute atomic E-state index is 0.0460. The summed E-state index contributed by atoms with van der Waals surface area (Å²) >= 11 is 0. The van der Waals surface area contributed by atoms with Crippen molar-refractivity contribution < 1.29 is 18.0 Å². The van der Waals surface area contributed by atoms with E-state index >= 15 is 0 Å². The molecule has 3 nitrogen and oxygen atoms in total. The van der Waals surface area contributed by atoms with Gasteiger partial charge in [-0.3, -0.25) is 10.1 Å². The third-order valence-corrected chi connectivity index (χ3v) is 4.67. The van der Waals surface area contributed by atoms with E-state index in [0.29, 0.717) is 12.8 Å². The Hall–Kier alpha value is -0.780. The average molecular weight is 262 g/mol. The zero-order valence-corrected chi connectivity index (χ0v) is 10.3. The van der Waals surface area contributed by atoms with Crippen molar-refractivity contribution in [2.24, 2.45) is 0 Å². The van der Waals surface area contributed by atoms with Gasteiger partial charge in [0.2, 0.25) is 5.91 Å². The van der Waals surface area contributed by atoms with Gasteiger partial charge in [0, 0.05) is 0 Å². The van der Waals surface area contributed by atoms with E-state index in [2.05, 4.69) is 5.32 Å². The molecule has 1 heterocycles. The van der Waals surface area contributed by atoms with Crippen LogP contribution >= 0.6 is 0 Å². The van der Waals surface area contributed by atoms with Crippen molar-refractivity contribution in [2.45, 2.75) is 68.9 Å². The van der Waals surface area contributed by atoms with Gasteiger partial charge in [-0.05, 0) is 32.6 Å². The first-order valence-electron chi connectivity index (χ1n) is 6.51. The third kappa shape index (κ3) is 1.38. The molecular formula is C12H17F3N2O. The first-order chi connectivity index (χ1) is 8.32. The predicted octanol–water partition coefficient (Wildman–Crippen LogP) is 2.17. The van der Waals surface area contributed by atoms with Gasteiger partial charge in [-0.2, -0.15) is 13.2 Å². The second-order valence-corrected chi connectivity index (χ2v) is 5.81. The Bertz CT molecular complexity index is 383. The largest absolute Gasteiger partial charge is 0.411 e. The van der Waals surface area contributed by atoms with Crippen molar-refractivity contribution in [3.63, 3.8) is 0 Å². The molecule has 1 aliphatic heterocycles. The van der Waals surface area contributed by atoms with Gasteiger partial charge in [-0.25, -0.2) is 0 Å². The van der Waals surface area contributed by atoms with Crippen LogP contribution in [0.3, 0.4) is 0 Å². The Labute approximate surface area is 104 Å². The van der Waals surface area contributed by atoms with Crippen LogP contribution in [-0.4, -0.2) is 34.2 Å². The smallest absolute Gasteiger partial charge is 0.311 e. The monoisotopic (exact) mass is 262 g/mol. The van der Waals surface area contributed by atoms with E-state index in [1.165, 1.54) is 0 Å². The second-order valence-electron chi connectivity index (χ2n) is 5.81. The molecule has 0 bridgehead atoms. The second kappa shape index (κ2) is 3.40. The van der Waals surface area contributed by atoms with Crippen LogP contribution in [0.4, 0.5) is 13.2 Å². The Morgan fingerprint density at radius 3 is 2.22 bits per heavy atom. The lowest BCUT2D eigenvalue weighted by Crippen LogP contribution is -2.53. The summed E-state index contributed by atoms with van der Waals surface area (Å²) in [6.07, 6.45) is -1.57. The molecule has 1 unspecified atom stereocenters. The van der Waals surface area contributed by atoms with Gasteiger partial charge in [0.15, 0.2) is 0 Å². The predicted molar refractivity (Wildman–Crippen MR) is 58.7 cm³/mol. The fourth-order valence-corrected chi connectivity index (χ4v) is 3.61. The number of amides is 1. The van der Waals surface area contributed by atoms with E-state index in [0.717, 1.165) is 17.7 Å². The van der Waals surface area contributed by atoms with Crippen molar-refractivity contribution in [1.29, 1.82) is 0 Å². The van der Waals surface area contributed by atoms with Gasteiger partial charge in [0.25, 0.3) is 0 Å². The molecule has 18 heavy (non-hydrogen) atoms. The summed E-state index contributed by atoms with van der Waals surface area (Å²) < 4.78 is 39.4. The van der Waals surface area contributed by atoms with Gasteiger partial charge < -0.3 is 4.90 Å². The average Bonchev–Trinajstić information content (AvgIpc) is 2.86. The molecule has 2 saturated carbocycles. The lowest BCUT2D eigenvalue weighted by molar-refractivity contribution is -0.202. The molecule has 3 rings (SSSR count). The molecule has 1 spiro atoms. The van der Waals surface area contributed by atoms with E-state index in [-0.39, 0.29) is 18.7 Å². The van der Waals surface area contributed by atoms with Crippen LogP contribution < -0.4 is 5.32 Å². The molecule has 6 heteroatoms. The molecule has 2 aliphatic carbocycles. The van der Waals surface area contributed by atoms with Crippen LogP contribution in [0, 0.1) is 0 Å². The topological polar surface area (TPSA) is 32.3 Å². The highest BCUT2D eigenvalue weighted by Crippen LogP contribution is 2.56. The van der Waals surface area contributed by atoms with Gasteiger partial charge in [-0.1, -0.05) is 12.8 Å². The lowest BCUT2D eigenvalue weighted by Gasteiger charge is -2.33. The molecule has 1 amide bonds. The van der Waals surface area contributed by atoms with Crippen LogP contribution in [0.5, 0.6) is 0 Å². The number of nitrogens with one attached hydrogen (secondary N) is 1. The van der Waals surface area contributed by atoms with Crippen molar-refractivity contribution in [3.8, 4) is 0 Å². The number of hydrogen-bond donors (Lipinski definition) is 1.